The van der Waals surface area contributed by atoms with E-state index in [-0.39, 0.29) is 11.9 Å². The van der Waals surface area contributed by atoms with Crippen LogP contribution in [0.3, 0.4) is 0 Å². The number of pyridine rings is 1. The van der Waals surface area contributed by atoms with Crippen LogP contribution in [0.15, 0.2) is 58.2 Å². The monoisotopic (exact) mass is 379 g/mol. The number of thiophene rings is 1. The van der Waals surface area contributed by atoms with Crippen LogP contribution in [0.4, 0.5) is 11.6 Å². The van der Waals surface area contributed by atoms with Gasteiger partial charge in [0, 0.05) is 16.8 Å². The molecule has 0 saturated heterocycles. The molecule has 2 N–H and O–H groups in total. The molecule has 3 heterocycles. The fraction of sp³-hybridized carbons (Fsp3) is 0.158. The summed E-state index contributed by atoms with van der Waals surface area (Å²) in [6.07, 6.45) is 1.58. The number of hydrogen-bond acceptors (Lipinski definition) is 7. The minimum atomic E-state index is -0.469. The average Bonchev–Trinajstić information content (AvgIpc) is 3.27. The maximum atomic E-state index is 12.6. The van der Waals surface area contributed by atoms with Crippen molar-refractivity contribution in [2.45, 2.75) is 19.9 Å². The molecule has 0 saturated carbocycles. The maximum absolute atomic E-state index is 12.6. The van der Waals surface area contributed by atoms with Gasteiger partial charge in [0.1, 0.15) is 4.83 Å². The molecule has 4 aromatic rings. The molecule has 0 aliphatic heterocycles. The van der Waals surface area contributed by atoms with E-state index >= 15 is 0 Å². The zero-order valence-corrected chi connectivity index (χ0v) is 15.6. The first-order valence-electron chi connectivity index (χ1n) is 8.41. The number of anilines is 1. The van der Waals surface area contributed by atoms with E-state index in [1.165, 1.54) is 11.3 Å². The second-order valence-electron chi connectivity index (χ2n) is 6.29. The van der Waals surface area contributed by atoms with E-state index in [1.54, 1.807) is 10.9 Å². The Balaban J connectivity index is 1.73. The molecule has 0 bridgehead atoms. The molecular formula is C19H17N5O2S. The van der Waals surface area contributed by atoms with Crippen LogP contribution in [-0.4, -0.2) is 16.2 Å². The lowest BCUT2D eigenvalue weighted by molar-refractivity contribution is -0.779. The number of aliphatic imine (C=N–C) groups is 1. The normalized spacial score (nSPS) is 12.2. The fourth-order valence-corrected chi connectivity index (χ4v) is 3.60. The van der Waals surface area contributed by atoms with Crippen LogP contribution >= 0.6 is 11.3 Å². The number of nitrogen functional groups attached to an aromatic ring is 1. The molecule has 4 rings (SSSR count). The van der Waals surface area contributed by atoms with Crippen LogP contribution in [0.2, 0.25) is 0 Å². The van der Waals surface area contributed by atoms with Crippen molar-refractivity contribution in [2.75, 3.05) is 5.73 Å². The Morgan fingerprint density at radius 2 is 2.00 bits per heavy atom. The zero-order valence-electron chi connectivity index (χ0n) is 14.8. The second kappa shape index (κ2) is 6.81. The standard InChI is InChI=1S/C19H17N5O2S/c1-11(2)24-10-15(26-23-24)22-18(25)17-16(20)13-8-9-14(21-19(13)27-17)12-6-4-3-5-7-12/h3-11H,1-2H3,(H2-,20,22,23,25). The summed E-state index contributed by atoms with van der Waals surface area (Å²) < 4.78 is 6.67. The topological polar surface area (TPSA) is 104 Å². The third-order valence-electron chi connectivity index (χ3n) is 4.07. The van der Waals surface area contributed by atoms with Crippen molar-refractivity contribution >= 4 is 39.0 Å². The molecule has 0 amide bonds. The summed E-state index contributed by atoms with van der Waals surface area (Å²) in [5.41, 5.74) is 8.39. The number of hydrogen-bond donors (Lipinski definition) is 1. The summed E-state index contributed by atoms with van der Waals surface area (Å²) in [4.78, 5) is 9.67. The van der Waals surface area contributed by atoms with E-state index in [4.69, 9.17) is 10.3 Å². The third kappa shape index (κ3) is 3.26. The summed E-state index contributed by atoms with van der Waals surface area (Å²) in [5, 5.41) is 17.1. The third-order valence-corrected chi connectivity index (χ3v) is 5.17. The van der Waals surface area contributed by atoms with Gasteiger partial charge in [-0.1, -0.05) is 30.3 Å². The van der Waals surface area contributed by atoms with Gasteiger partial charge in [-0.3, -0.25) is 4.52 Å². The minimum Gasteiger partial charge on any atom is -0.857 e. The number of fused-ring (bicyclic) bond motifs is 1. The predicted octanol–water partition coefficient (Wildman–Crippen LogP) is 2.84. The lowest BCUT2D eigenvalue weighted by atomic mass is 10.1. The molecule has 0 fully saturated rings. The highest BCUT2D eigenvalue weighted by Crippen LogP contribution is 2.34. The van der Waals surface area contributed by atoms with Gasteiger partial charge in [0.05, 0.1) is 16.3 Å². The highest BCUT2D eigenvalue weighted by molar-refractivity contribution is 7.21. The van der Waals surface area contributed by atoms with Crippen LogP contribution in [0, 0.1) is 0 Å². The highest BCUT2D eigenvalue weighted by atomic mass is 32.1. The van der Waals surface area contributed by atoms with E-state index in [0.717, 1.165) is 16.6 Å². The Kier molecular flexibility index (Phi) is 4.33. The largest absolute Gasteiger partial charge is 0.857 e. The van der Waals surface area contributed by atoms with Gasteiger partial charge in [-0.05, 0) is 30.7 Å². The molecule has 136 valence electrons. The first-order valence-corrected chi connectivity index (χ1v) is 9.23. The van der Waals surface area contributed by atoms with Gasteiger partial charge in [0.15, 0.2) is 6.04 Å². The molecule has 0 radical (unpaired) electrons. The van der Waals surface area contributed by atoms with Gasteiger partial charge in [0.2, 0.25) is 5.27 Å². The molecule has 0 spiro atoms. The molecule has 3 aromatic heterocycles. The lowest BCUT2D eigenvalue weighted by Gasteiger charge is -2.06. The first kappa shape index (κ1) is 17.2. The molecule has 0 aliphatic carbocycles. The molecule has 0 unspecified atom stereocenters. The molecular weight excluding hydrogens is 362 g/mol. The number of benzene rings is 1. The van der Waals surface area contributed by atoms with Crippen molar-refractivity contribution in [1.29, 1.82) is 0 Å². The van der Waals surface area contributed by atoms with Gasteiger partial charge < -0.3 is 10.8 Å². The summed E-state index contributed by atoms with van der Waals surface area (Å²) >= 11 is 1.22. The van der Waals surface area contributed by atoms with Gasteiger partial charge >= 0.3 is 5.88 Å². The van der Waals surface area contributed by atoms with E-state index in [9.17, 15) is 5.11 Å². The van der Waals surface area contributed by atoms with E-state index in [0.29, 0.717) is 15.4 Å². The highest BCUT2D eigenvalue weighted by Gasteiger charge is 2.16. The zero-order chi connectivity index (χ0) is 19.0. The van der Waals surface area contributed by atoms with E-state index in [1.807, 2.05) is 56.3 Å². The van der Waals surface area contributed by atoms with Gasteiger partial charge in [0.25, 0.3) is 6.20 Å². The Morgan fingerprint density at radius 3 is 2.70 bits per heavy atom. The van der Waals surface area contributed by atoms with Crippen LogP contribution in [-0.2, 0) is 0 Å². The van der Waals surface area contributed by atoms with Crippen molar-refractivity contribution in [3.05, 3.63) is 53.5 Å². The van der Waals surface area contributed by atoms with Crippen LogP contribution < -0.4 is 15.5 Å². The van der Waals surface area contributed by atoms with Gasteiger partial charge in [-0.25, -0.2) is 9.98 Å². The SMILES string of the molecule is CC(C)[n+]1cc(/N=C(\[O-])c2sc3nc(-c4ccccc4)ccc3c2N)on1. The summed E-state index contributed by atoms with van der Waals surface area (Å²) in [5.74, 6) is -0.327. The summed E-state index contributed by atoms with van der Waals surface area (Å²) in [6.45, 7) is 3.90. The van der Waals surface area contributed by atoms with Crippen molar-refractivity contribution in [3.8, 4) is 11.3 Å². The Hall–Kier alpha value is -3.26. The van der Waals surface area contributed by atoms with Gasteiger partial charge in [-0.15, -0.1) is 11.3 Å². The number of aromatic nitrogens is 3. The molecule has 7 nitrogen and oxygen atoms in total. The van der Waals surface area contributed by atoms with Crippen LogP contribution in [0.5, 0.6) is 0 Å². The van der Waals surface area contributed by atoms with Crippen LogP contribution in [0.1, 0.15) is 24.8 Å². The molecule has 0 aliphatic rings. The second-order valence-corrected chi connectivity index (χ2v) is 7.29. The fourth-order valence-electron chi connectivity index (χ4n) is 2.62. The molecule has 0 atom stereocenters. The Bertz CT molecular complexity index is 1130. The van der Waals surface area contributed by atoms with E-state index in [2.05, 4.69) is 15.2 Å². The van der Waals surface area contributed by atoms with Crippen molar-refractivity contribution in [1.82, 2.24) is 10.3 Å². The predicted molar refractivity (Wildman–Crippen MR) is 103 cm³/mol. The average molecular weight is 379 g/mol. The first-order chi connectivity index (χ1) is 13.0. The minimum absolute atomic E-state index is 0.114. The van der Waals surface area contributed by atoms with Crippen molar-refractivity contribution < 1.29 is 14.3 Å². The van der Waals surface area contributed by atoms with E-state index < -0.39 is 5.90 Å². The van der Waals surface area contributed by atoms with Crippen molar-refractivity contribution in [3.63, 3.8) is 0 Å². The quantitative estimate of drug-likeness (QED) is 0.333. The lowest BCUT2D eigenvalue weighted by Crippen LogP contribution is -2.36. The summed E-state index contributed by atoms with van der Waals surface area (Å²) in [6, 6.07) is 13.7. The smallest absolute Gasteiger partial charge is 0.320 e. The number of nitrogens with zero attached hydrogens (tertiary/aromatic N) is 4. The Labute approximate surface area is 159 Å². The van der Waals surface area contributed by atoms with Crippen LogP contribution in [0.25, 0.3) is 21.5 Å². The maximum Gasteiger partial charge on any atom is 0.320 e. The molecule has 8 heteroatoms. The van der Waals surface area contributed by atoms with Gasteiger partial charge in [-0.2, -0.15) is 0 Å². The summed E-state index contributed by atoms with van der Waals surface area (Å²) in [7, 11) is 0. The number of rotatable bonds is 4. The number of nitrogens with two attached hydrogens (primary N) is 1. The Morgan fingerprint density at radius 1 is 1.22 bits per heavy atom. The molecule has 27 heavy (non-hydrogen) atoms. The molecule has 1 aromatic carbocycles. The van der Waals surface area contributed by atoms with Crippen molar-refractivity contribution in [2.24, 2.45) is 4.99 Å².